The summed E-state index contributed by atoms with van der Waals surface area (Å²) in [5.74, 6) is 0. The number of hydrogen-bond donors (Lipinski definition) is 0. The normalized spacial score (nSPS) is 17.7. The summed E-state index contributed by atoms with van der Waals surface area (Å²) < 4.78 is 3.15. The van der Waals surface area contributed by atoms with Crippen LogP contribution in [-0.2, 0) is 6.54 Å². The number of rotatable bonds is 3. The quantitative estimate of drug-likeness (QED) is 0.872. The van der Waals surface area contributed by atoms with Gasteiger partial charge in [0.2, 0.25) is 0 Å². The highest BCUT2D eigenvalue weighted by Gasteiger charge is 2.20. The number of nitrogens with zero attached hydrogens (tertiary/aromatic N) is 4. The van der Waals surface area contributed by atoms with Gasteiger partial charge < -0.3 is 0 Å². The average molecular weight is 321 g/mol. The molecule has 3 rings (SSSR count). The molecular weight excluding hydrogens is 304 g/mol. The molecule has 0 aliphatic carbocycles. The van der Waals surface area contributed by atoms with Crippen molar-refractivity contribution >= 4 is 15.9 Å². The molecule has 0 N–H and O–H groups in total. The Morgan fingerprint density at radius 1 is 1.26 bits per heavy atom. The Hall–Kier alpha value is -1.20. The summed E-state index contributed by atoms with van der Waals surface area (Å²) >= 11 is 3.53. The van der Waals surface area contributed by atoms with Crippen molar-refractivity contribution in [2.24, 2.45) is 0 Å². The molecule has 0 amide bonds. The van der Waals surface area contributed by atoms with Crippen molar-refractivity contribution in [1.82, 2.24) is 19.7 Å². The first-order valence-corrected chi connectivity index (χ1v) is 7.41. The molecule has 0 radical (unpaired) electrons. The number of benzene rings is 1. The first-order valence-electron chi connectivity index (χ1n) is 6.62. The van der Waals surface area contributed by atoms with E-state index in [1.54, 1.807) is 6.33 Å². The molecule has 2 heterocycles. The van der Waals surface area contributed by atoms with Gasteiger partial charge in [-0.2, -0.15) is 5.10 Å². The minimum Gasteiger partial charge on any atom is -0.299 e. The van der Waals surface area contributed by atoms with Gasteiger partial charge >= 0.3 is 0 Å². The minimum atomic E-state index is 0.515. The maximum Gasteiger partial charge on any atom is 0.137 e. The van der Waals surface area contributed by atoms with Crippen molar-refractivity contribution in [1.29, 1.82) is 0 Å². The molecule has 2 aromatic rings. The van der Waals surface area contributed by atoms with E-state index in [0.717, 1.165) is 36.9 Å². The fourth-order valence-corrected chi connectivity index (χ4v) is 3.09. The van der Waals surface area contributed by atoms with Crippen LogP contribution in [0.25, 0.3) is 0 Å². The number of aromatic nitrogens is 3. The van der Waals surface area contributed by atoms with E-state index in [9.17, 15) is 0 Å². The van der Waals surface area contributed by atoms with Gasteiger partial charge in [0.1, 0.15) is 12.7 Å². The van der Waals surface area contributed by atoms with Crippen LogP contribution in [0.4, 0.5) is 0 Å². The molecule has 19 heavy (non-hydrogen) atoms. The van der Waals surface area contributed by atoms with Crippen LogP contribution in [0.15, 0.2) is 41.4 Å². The van der Waals surface area contributed by atoms with Crippen LogP contribution in [0, 0.1) is 0 Å². The maximum absolute atomic E-state index is 4.24. The Morgan fingerprint density at radius 2 is 2.11 bits per heavy atom. The molecule has 1 aliphatic heterocycles. The van der Waals surface area contributed by atoms with Gasteiger partial charge in [0.05, 0.1) is 6.04 Å². The summed E-state index contributed by atoms with van der Waals surface area (Å²) in [6, 6.07) is 9.07. The molecule has 0 spiro atoms. The van der Waals surface area contributed by atoms with Crippen LogP contribution < -0.4 is 0 Å². The van der Waals surface area contributed by atoms with Crippen LogP contribution in [0.2, 0.25) is 0 Å². The third-order valence-electron chi connectivity index (χ3n) is 3.66. The molecule has 1 aliphatic rings. The van der Waals surface area contributed by atoms with Crippen molar-refractivity contribution in [3.63, 3.8) is 0 Å². The lowest BCUT2D eigenvalue weighted by atomic mass is 10.0. The smallest absolute Gasteiger partial charge is 0.137 e. The zero-order valence-corrected chi connectivity index (χ0v) is 12.3. The molecule has 0 bridgehead atoms. The van der Waals surface area contributed by atoms with Gasteiger partial charge in [-0.15, -0.1) is 0 Å². The van der Waals surface area contributed by atoms with E-state index in [2.05, 4.69) is 55.2 Å². The Labute approximate surface area is 121 Å². The van der Waals surface area contributed by atoms with E-state index >= 15 is 0 Å². The average Bonchev–Trinajstić information content (AvgIpc) is 2.94. The first-order chi connectivity index (χ1) is 9.31. The van der Waals surface area contributed by atoms with Gasteiger partial charge in [-0.1, -0.05) is 28.1 Å². The lowest BCUT2D eigenvalue weighted by molar-refractivity contribution is 0.173. The first kappa shape index (κ1) is 12.8. The fourth-order valence-electron chi connectivity index (χ4n) is 2.64. The predicted octanol–water partition coefficient (Wildman–Crippen LogP) is 2.88. The SMILES string of the molecule is Brc1cccc(CN2CCC(n3cncn3)CC2)c1. The Kier molecular flexibility index (Phi) is 3.94. The predicted molar refractivity (Wildman–Crippen MR) is 77.7 cm³/mol. The van der Waals surface area contributed by atoms with Crippen molar-refractivity contribution in [2.45, 2.75) is 25.4 Å². The van der Waals surface area contributed by atoms with Crippen molar-refractivity contribution in [3.8, 4) is 0 Å². The number of hydrogen-bond acceptors (Lipinski definition) is 3. The molecule has 1 saturated heterocycles. The highest BCUT2D eigenvalue weighted by molar-refractivity contribution is 9.10. The maximum atomic E-state index is 4.24. The topological polar surface area (TPSA) is 34.0 Å². The van der Waals surface area contributed by atoms with Crippen LogP contribution in [0.1, 0.15) is 24.4 Å². The van der Waals surface area contributed by atoms with E-state index in [0.29, 0.717) is 6.04 Å². The van der Waals surface area contributed by atoms with Gasteiger partial charge in [-0.05, 0) is 30.5 Å². The van der Waals surface area contributed by atoms with Gasteiger partial charge in [-0.25, -0.2) is 9.67 Å². The monoisotopic (exact) mass is 320 g/mol. The number of piperidine rings is 1. The van der Waals surface area contributed by atoms with Crippen LogP contribution >= 0.6 is 15.9 Å². The lowest BCUT2D eigenvalue weighted by Gasteiger charge is -2.31. The molecule has 1 fully saturated rings. The molecule has 0 atom stereocenters. The molecule has 1 aromatic heterocycles. The van der Waals surface area contributed by atoms with E-state index in [1.165, 1.54) is 5.56 Å². The summed E-state index contributed by atoms with van der Waals surface area (Å²) in [5, 5.41) is 4.24. The van der Waals surface area contributed by atoms with Crippen LogP contribution in [0.3, 0.4) is 0 Å². The summed E-state index contributed by atoms with van der Waals surface area (Å²) in [7, 11) is 0. The van der Waals surface area contributed by atoms with Gasteiger partial charge in [-0.3, -0.25) is 4.90 Å². The zero-order chi connectivity index (χ0) is 13.1. The largest absolute Gasteiger partial charge is 0.299 e. The Morgan fingerprint density at radius 3 is 2.79 bits per heavy atom. The standard InChI is InChI=1S/C14H17BrN4/c15-13-3-1-2-12(8-13)9-18-6-4-14(5-7-18)19-11-16-10-17-19/h1-3,8,10-11,14H,4-7,9H2. The summed E-state index contributed by atoms with van der Waals surface area (Å²) in [5.41, 5.74) is 1.37. The van der Waals surface area contributed by atoms with E-state index in [1.807, 2.05) is 11.0 Å². The number of halogens is 1. The second kappa shape index (κ2) is 5.84. The Balaban J connectivity index is 1.56. The molecule has 0 saturated carbocycles. The highest BCUT2D eigenvalue weighted by atomic mass is 79.9. The van der Waals surface area contributed by atoms with E-state index in [4.69, 9.17) is 0 Å². The minimum absolute atomic E-state index is 0.515. The van der Waals surface area contributed by atoms with Crippen molar-refractivity contribution < 1.29 is 0 Å². The summed E-state index contributed by atoms with van der Waals surface area (Å²) in [6.45, 7) is 3.28. The third-order valence-corrected chi connectivity index (χ3v) is 4.16. The zero-order valence-electron chi connectivity index (χ0n) is 10.7. The van der Waals surface area contributed by atoms with Crippen LogP contribution in [-0.4, -0.2) is 32.8 Å². The fraction of sp³-hybridized carbons (Fsp3) is 0.429. The highest BCUT2D eigenvalue weighted by Crippen LogP contribution is 2.23. The second-order valence-electron chi connectivity index (χ2n) is 5.01. The van der Waals surface area contributed by atoms with E-state index in [-0.39, 0.29) is 0 Å². The lowest BCUT2D eigenvalue weighted by Crippen LogP contribution is -2.34. The van der Waals surface area contributed by atoms with Gasteiger partial charge in [0.15, 0.2) is 0 Å². The van der Waals surface area contributed by atoms with Crippen LogP contribution in [0.5, 0.6) is 0 Å². The second-order valence-corrected chi connectivity index (χ2v) is 5.93. The van der Waals surface area contributed by atoms with Crippen molar-refractivity contribution in [2.75, 3.05) is 13.1 Å². The third kappa shape index (κ3) is 3.22. The molecule has 0 unspecified atom stereocenters. The van der Waals surface area contributed by atoms with Crippen molar-refractivity contribution in [3.05, 3.63) is 47.0 Å². The van der Waals surface area contributed by atoms with Gasteiger partial charge in [0, 0.05) is 24.1 Å². The Bertz CT molecular complexity index is 518. The summed E-state index contributed by atoms with van der Waals surface area (Å²) in [6.07, 6.45) is 5.75. The molecular formula is C14H17BrN4. The molecule has 1 aromatic carbocycles. The number of likely N-dealkylation sites (tertiary alicyclic amines) is 1. The molecule has 4 nitrogen and oxygen atoms in total. The molecule has 100 valence electrons. The molecule has 5 heteroatoms. The van der Waals surface area contributed by atoms with E-state index < -0.39 is 0 Å². The van der Waals surface area contributed by atoms with Gasteiger partial charge in [0.25, 0.3) is 0 Å². The summed E-state index contributed by atoms with van der Waals surface area (Å²) in [4.78, 5) is 6.54.